The maximum Gasteiger partial charge on any atom is 0.416 e. The number of carbonyl (C=O) groups is 1. The van der Waals surface area contributed by atoms with Crippen LogP contribution in [0.25, 0.3) is 11.1 Å². The summed E-state index contributed by atoms with van der Waals surface area (Å²) in [6.45, 7) is 0. The number of alkyl halides is 3. The van der Waals surface area contributed by atoms with Gasteiger partial charge in [0.05, 0.1) is 11.1 Å². The molecule has 3 aromatic carbocycles. The number of hydrogen-bond acceptors (Lipinski definition) is 2. The molecule has 0 heterocycles. The lowest BCUT2D eigenvalue weighted by Gasteiger charge is -2.27. The molecule has 6 heteroatoms. The Morgan fingerprint density at radius 2 is 1.41 bits per heavy atom. The molecule has 3 aromatic rings. The summed E-state index contributed by atoms with van der Waals surface area (Å²) in [6, 6.07) is 19.3. The Balaban J connectivity index is 1.54. The molecule has 1 fully saturated rings. The minimum atomic E-state index is -4.35. The average molecular weight is 469 g/mol. The summed E-state index contributed by atoms with van der Waals surface area (Å²) in [6.07, 6.45) is 2.36. The van der Waals surface area contributed by atoms with Gasteiger partial charge >= 0.3 is 12.1 Å². The summed E-state index contributed by atoms with van der Waals surface area (Å²) in [5.41, 5.74) is 2.08. The summed E-state index contributed by atoms with van der Waals surface area (Å²) in [5.74, 6) is 0.188. The summed E-state index contributed by atoms with van der Waals surface area (Å²) in [4.78, 5) is 11.1. The summed E-state index contributed by atoms with van der Waals surface area (Å²) < 4.78 is 44.9. The first kappa shape index (κ1) is 23.9. The molecule has 1 unspecified atom stereocenters. The Morgan fingerprint density at radius 3 is 1.94 bits per heavy atom. The Kier molecular flexibility index (Phi) is 7.25. The molecule has 0 saturated heterocycles. The average Bonchev–Trinajstić information content (AvgIpc) is 2.84. The van der Waals surface area contributed by atoms with E-state index < -0.39 is 17.7 Å². The molecule has 1 aliphatic rings. The van der Waals surface area contributed by atoms with Crippen LogP contribution in [-0.2, 0) is 6.18 Å². The molecule has 0 amide bonds. The largest absolute Gasteiger partial charge is 0.486 e. The Morgan fingerprint density at radius 1 is 0.853 bits per heavy atom. The van der Waals surface area contributed by atoms with Crippen molar-refractivity contribution in [3.63, 3.8) is 0 Å². The van der Waals surface area contributed by atoms with Crippen LogP contribution in [0.3, 0.4) is 0 Å². The normalized spacial score (nSPS) is 15.6. The lowest BCUT2D eigenvalue weighted by molar-refractivity contribution is -0.137. The lowest BCUT2D eigenvalue weighted by atomic mass is 9.84. The summed E-state index contributed by atoms with van der Waals surface area (Å²) in [5, 5.41) is 9.13. The van der Waals surface area contributed by atoms with Crippen molar-refractivity contribution in [2.45, 2.75) is 50.8 Å². The number of ether oxygens (including phenoxy) is 1. The van der Waals surface area contributed by atoms with Crippen LogP contribution in [-0.4, -0.2) is 11.1 Å². The predicted molar refractivity (Wildman–Crippen MR) is 125 cm³/mol. The predicted octanol–water partition coefficient (Wildman–Crippen LogP) is 8.16. The van der Waals surface area contributed by atoms with Crippen molar-refractivity contribution < 1.29 is 27.8 Å². The molecule has 1 aliphatic carbocycles. The number of benzene rings is 3. The molecule has 4 rings (SSSR count). The molecule has 3 nitrogen and oxygen atoms in total. The molecule has 1 saturated carbocycles. The van der Waals surface area contributed by atoms with Gasteiger partial charge in [-0.1, -0.05) is 68.5 Å². The van der Waals surface area contributed by atoms with E-state index in [4.69, 9.17) is 9.84 Å². The maximum atomic E-state index is 12.9. The van der Waals surface area contributed by atoms with E-state index in [1.807, 2.05) is 24.3 Å². The van der Waals surface area contributed by atoms with Gasteiger partial charge in [-0.25, -0.2) is 4.79 Å². The number of carboxylic acid groups (broad SMARTS) is 1. The van der Waals surface area contributed by atoms with E-state index in [2.05, 4.69) is 0 Å². The standard InChI is InChI=1S/C28H27F3O3/c29-28(30,31)24-14-10-21(11-15-24)20-6-8-22(9-7-20)26(18-19-4-2-1-3-5-19)34-25-16-12-23(13-17-25)27(32)33/h6-17,19,26H,1-5,18H2,(H,32,33). The van der Waals surface area contributed by atoms with E-state index >= 15 is 0 Å². The Bertz CT molecular complexity index is 1080. The number of carboxylic acids is 1. The van der Waals surface area contributed by atoms with Gasteiger partial charge in [0.25, 0.3) is 0 Å². The SMILES string of the molecule is O=C(O)c1ccc(OC(CC2CCCCC2)c2ccc(-c3ccc(C(F)(F)F)cc3)cc2)cc1. The number of hydrogen-bond donors (Lipinski definition) is 1. The van der Waals surface area contributed by atoms with Crippen molar-refractivity contribution in [1.82, 2.24) is 0 Å². The zero-order valence-electron chi connectivity index (χ0n) is 18.7. The fourth-order valence-corrected chi connectivity index (χ4v) is 4.56. The van der Waals surface area contributed by atoms with E-state index in [0.717, 1.165) is 29.7 Å². The van der Waals surface area contributed by atoms with Crippen molar-refractivity contribution in [1.29, 1.82) is 0 Å². The Labute approximate surface area is 197 Å². The first-order valence-corrected chi connectivity index (χ1v) is 11.6. The van der Waals surface area contributed by atoms with Crippen LogP contribution in [0.5, 0.6) is 5.75 Å². The van der Waals surface area contributed by atoms with Gasteiger partial charge in [-0.3, -0.25) is 0 Å². The second kappa shape index (κ2) is 10.3. The fourth-order valence-electron chi connectivity index (χ4n) is 4.56. The van der Waals surface area contributed by atoms with E-state index in [-0.39, 0.29) is 11.7 Å². The smallest absolute Gasteiger partial charge is 0.416 e. The van der Waals surface area contributed by atoms with E-state index in [1.165, 1.54) is 56.4 Å². The van der Waals surface area contributed by atoms with Crippen LogP contribution in [0.1, 0.15) is 66.1 Å². The number of aromatic carboxylic acids is 1. The van der Waals surface area contributed by atoms with Gasteiger partial charge in [0.2, 0.25) is 0 Å². The molecule has 34 heavy (non-hydrogen) atoms. The van der Waals surface area contributed by atoms with Gasteiger partial charge in [0.15, 0.2) is 0 Å². The van der Waals surface area contributed by atoms with Gasteiger partial charge in [-0.2, -0.15) is 13.2 Å². The molecule has 0 bridgehead atoms. The minimum Gasteiger partial charge on any atom is -0.486 e. The highest BCUT2D eigenvalue weighted by Crippen LogP contribution is 2.36. The summed E-state index contributed by atoms with van der Waals surface area (Å²) >= 11 is 0. The monoisotopic (exact) mass is 468 g/mol. The van der Waals surface area contributed by atoms with Crippen LogP contribution in [0.4, 0.5) is 13.2 Å². The molecule has 1 atom stereocenters. The second-order valence-corrected chi connectivity index (χ2v) is 8.87. The van der Waals surface area contributed by atoms with Crippen molar-refractivity contribution >= 4 is 5.97 Å². The fraction of sp³-hybridized carbons (Fsp3) is 0.321. The quantitative estimate of drug-likeness (QED) is 0.380. The zero-order chi connectivity index (χ0) is 24.1. The maximum absolute atomic E-state index is 12.9. The van der Waals surface area contributed by atoms with Gasteiger partial charge in [0, 0.05) is 0 Å². The highest BCUT2D eigenvalue weighted by atomic mass is 19.4. The van der Waals surface area contributed by atoms with E-state index in [0.29, 0.717) is 17.2 Å². The molecule has 0 spiro atoms. The van der Waals surface area contributed by atoms with Gasteiger partial charge in [-0.15, -0.1) is 0 Å². The topological polar surface area (TPSA) is 46.5 Å². The second-order valence-electron chi connectivity index (χ2n) is 8.87. The van der Waals surface area contributed by atoms with Crippen LogP contribution in [0.15, 0.2) is 72.8 Å². The molecule has 0 radical (unpaired) electrons. The molecule has 1 N–H and O–H groups in total. The van der Waals surface area contributed by atoms with E-state index in [9.17, 15) is 18.0 Å². The van der Waals surface area contributed by atoms with Crippen LogP contribution in [0, 0.1) is 5.92 Å². The number of rotatable bonds is 7. The third kappa shape index (κ3) is 5.99. The first-order chi connectivity index (χ1) is 16.3. The third-order valence-corrected chi connectivity index (χ3v) is 6.48. The molecule has 178 valence electrons. The molecular weight excluding hydrogens is 441 g/mol. The van der Waals surface area contributed by atoms with Crippen molar-refractivity contribution in [2.24, 2.45) is 5.92 Å². The lowest BCUT2D eigenvalue weighted by Crippen LogP contribution is -2.16. The molecule has 0 aliphatic heterocycles. The van der Waals surface area contributed by atoms with Crippen molar-refractivity contribution in [3.8, 4) is 16.9 Å². The summed E-state index contributed by atoms with van der Waals surface area (Å²) in [7, 11) is 0. The van der Waals surface area contributed by atoms with Gasteiger partial charge in [0.1, 0.15) is 11.9 Å². The Hall–Kier alpha value is -3.28. The highest BCUT2D eigenvalue weighted by molar-refractivity contribution is 5.87. The third-order valence-electron chi connectivity index (χ3n) is 6.48. The van der Waals surface area contributed by atoms with Crippen LogP contribution in [0.2, 0.25) is 0 Å². The van der Waals surface area contributed by atoms with Crippen molar-refractivity contribution in [2.75, 3.05) is 0 Å². The van der Waals surface area contributed by atoms with Gasteiger partial charge < -0.3 is 9.84 Å². The molecular formula is C28H27F3O3. The number of halogens is 3. The first-order valence-electron chi connectivity index (χ1n) is 11.6. The van der Waals surface area contributed by atoms with Crippen LogP contribution < -0.4 is 4.74 Å². The van der Waals surface area contributed by atoms with Crippen LogP contribution >= 0.6 is 0 Å². The molecule has 0 aromatic heterocycles. The zero-order valence-corrected chi connectivity index (χ0v) is 18.7. The van der Waals surface area contributed by atoms with Crippen molar-refractivity contribution in [3.05, 3.63) is 89.5 Å². The highest BCUT2D eigenvalue weighted by Gasteiger charge is 2.30. The minimum absolute atomic E-state index is 0.194. The van der Waals surface area contributed by atoms with Gasteiger partial charge in [-0.05, 0) is 65.4 Å². The van der Waals surface area contributed by atoms with E-state index in [1.54, 1.807) is 12.1 Å².